The molecule has 0 unspecified atom stereocenters. The van der Waals surface area contributed by atoms with E-state index >= 15 is 0 Å². The van der Waals surface area contributed by atoms with Crippen molar-refractivity contribution < 1.29 is 0 Å². The Bertz CT molecular complexity index is 454. The fourth-order valence-electron chi connectivity index (χ4n) is 3.82. The van der Waals surface area contributed by atoms with Crippen LogP contribution in [0.1, 0.15) is 30.9 Å². The molecule has 1 aromatic rings. The molecule has 2 aliphatic rings. The lowest BCUT2D eigenvalue weighted by molar-refractivity contribution is 0.0540. The van der Waals surface area contributed by atoms with Crippen molar-refractivity contribution in [3.63, 3.8) is 0 Å². The van der Waals surface area contributed by atoms with E-state index in [1.807, 2.05) is 0 Å². The molecule has 116 valence electrons. The number of fused-ring (bicyclic) bond motifs is 1. The van der Waals surface area contributed by atoms with Crippen LogP contribution in [0.3, 0.4) is 0 Å². The zero-order valence-electron chi connectivity index (χ0n) is 13.8. The third kappa shape index (κ3) is 3.65. The number of hydrogen-bond acceptors (Lipinski definition) is 3. The first-order chi connectivity index (χ1) is 10.1. The van der Waals surface area contributed by atoms with E-state index in [1.54, 1.807) is 0 Å². The van der Waals surface area contributed by atoms with E-state index in [4.69, 9.17) is 0 Å². The van der Waals surface area contributed by atoms with Crippen molar-refractivity contribution >= 4 is 0 Å². The van der Waals surface area contributed by atoms with Gasteiger partial charge in [0.25, 0.3) is 0 Å². The van der Waals surface area contributed by atoms with Crippen molar-refractivity contribution in [1.29, 1.82) is 0 Å². The lowest BCUT2D eigenvalue weighted by atomic mass is 10.1. The van der Waals surface area contributed by atoms with Crippen LogP contribution in [0, 0.1) is 0 Å². The zero-order chi connectivity index (χ0) is 14.8. The molecule has 3 nitrogen and oxygen atoms in total. The quantitative estimate of drug-likeness (QED) is 0.842. The fraction of sp³-hybridized carbons (Fsp3) is 0.667. The summed E-state index contributed by atoms with van der Waals surface area (Å²) < 4.78 is 0. The summed E-state index contributed by atoms with van der Waals surface area (Å²) in [6, 6.07) is 10.7. The highest BCUT2D eigenvalue weighted by molar-refractivity contribution is 5.22. The molecule has 2 atom stereocenters. The van der Waals surface area contributed by atoms with Crippen LogP contribution in [0.5, 0.6) is 0 Å². The van der Waals surface area contributed by atoms with Gasteiger partial charge < -0.3 is 4.90 Å². The maximum Gasteiger partial charge on any atom is 0.0237 e. The zero-order valence-corrected chi connectivity index (χ0v) is 13.8. The summed E-state index contributed by atoms with van der Waals surface area (Å²) in [5, 5.41) is 0. The molecule has 0 bridgehead atoms. The van der Waals surface area contributed by atoms with Crippen LogP contribution in [0.25, 0.3) is 0 Å². The largest absolute Gasteiger partial charge is 0.305 e. The summed E-state index contributed by atoms with van der Waals surface area (Å²) in [6.07, 6.45) is 2.79. The molecule has 0 amide bonds. The molecular formula is C18H29N3. The normalized spacial score (nSPS) is 27.2. The first-order valence-corrected chi connectivity index (χ1v) is 8.32. The Morgan fingerprint density at radius 2 is 1.81 bits per heavy atom. The monoisotopic (exact) mass is 287 g/mol. The Morgan fingerprint density at radius 3 is 2.52 bits per heavy atom. The van der Waals surface area contributed by atoms with Crippen LogP contribution in [0.15, 0.2) is 24.3 Å². The smallest absolute Gasteiger partial charge is 0.0237 e. The standard InChI is InChI=1S/C18H29N3/c1-15-11-20-10-4-5-18(20)14-21(15)13-17-8-6-16(7-9-17)12-19(2)3/h6-9,15,18H,4-5,10-14H2,1-3H3/t15-,18-/m1/s1. The highest BCUT2D eigenvalue weighted by Gasteiger charge is 2.34. The molecule has 0 spiro atoms. The summed E-state index contributed by atoms with van der Waals surface area (Å²) in [5.41, 5.74) is 2.85. The van der Waals surface area contributed by atoms with E-state index in [0.717, 1.165) is 19.1 Å². The molecule has 21 heavy (non-hydrogen) atoms. The van der Waals surface area contributed by atoms with Gasteiger partial charge >= 0.3 is 0 Å². The van der Waals surface area contributed by atoms with E-state index in [1.165, 1.54) is 43.6 Å². The minimum atomic E-state index is 0.681. The SMILES string of the molecule is C[C@@H]1CN2CCC[C@@H]2CN1Cc1ccc(CN(C)C)cc1. The molecule has 2 saturated heterocycles. The predicted molar refractivity (Wildman–Crippen MR) is 88.3 cm³/mol. The second-order valence-electron chi connectivity index (χ2n) is 7.12. The van der Waals surface area contributed by atoms with Crippen molar-refractivity contribution in [2.24, 2.45) is 0 Å². The minimum absolute atomic E-state index is 0.681. The molecule has 3 rings (SSSR count). The van der Waals surface area contributed by atoms with Crippen molar-refractivity contribution in [2.45, 2.75) is 44.9 Å². The number of benzene rings is 1. The summed E-state index contributed by atoms with van der Waals surface area (Å²) in [4.78, 5) is 7.59. The van der Waals surface area contributed by atoms with Gasteiger partial charge in [-0.1, -0.05) is 24.3 Å². The van der Waals surface area contributed by atoms with Gasteiger partial charge in [-0.05, 0) is 51.5 Å². The highest BCUT2D eigenvalue weighted by Crippen LogP contribution is 2.25. The number of piperazine rings is 1. The first-order valence-electron chi connectivity index (χ1n) is 8.32. The Balaban J connectivity index is 1.60. The molecule has 1 aromatic carbocycles. The summed E-state index contributed by atoms with van der Waals surface area (Å²) in [6.45, 7) is 8.34. The van der Waals surface area contributed by atoms with E-state index in [0.29, 0.717) is 6.04 Å². The van der Waals surface area contributed by atoms with Crippen LogP contribution in [0.4, 0.5) is 0 Å². The second kappa shape index (κ2) is 6.47. The van der Waals surface area contributed by atoms with Gasteiger partial charge in [0.2, 0.25) is 0 Å². The Kier molecular flexibility index (Phi) is 4.63. The average Bonchev–Trinajstić information content (AvgIpc) is 2.88. The summed E-state index contributed by atoms with van der Waals surface area (Å²) >= 11 is 0. The fourth-order valence-corrected chi connectivity index (χ4v) is 3.82. The third-order valence-electron chi connectivity index (χ3n) is 4.97. The third-order valence-corrected chi connectivity index (χ3v) is 4.97. The van der Waals surface area contributed by atoms with Gasteiger partial charge in [0, 0.05) is 38.3 Å². The predicted octanol–water partition coefficient (Wildman–Crippen LogP) is 2.42. The lowest BCUT2D eigenvalue weighted by Gasteiger charge is -2.42. The maximum atomic E-state index is 2.70. The van der Waals surface area contributed by atoms with Crippen LogP contribution < -0.4 is 0 Å². The molecule has 0 aliphatic carbocycles. The Labute approximate surface area is 129 Å². The number of hydrogen-bond donors (Lipinski definition) is 0. The van der Waals surface area contributed by atoms with Crippen molar-refractivity contribution in [3.05, 3.63) is 35.4 Å². The number of nitrogens with zero attached hydrogens (tertiary/aromatic N) is 3. The lowest BCUT2D eigenvalue weighted by Crippen LogP contribution is -2.54. The van der Waals surface area contributed by atoms with E-state index in [-0.39, 0.29) is 0 Å². The minimum Gasteiger partial charge on any atom is -0.305 e. The molecule has 2 fully saturated rings. The molecule has 2 heterocycles. The average molecular weight is 287 g/mol. The Hall–Kier alpha value is -0.900. The molecule has 2 aliphatic heterocycles. The van der Waals surface area contributed by atoms with E-state index < -0.39 is 0 Å². The molecular weight excluding hydrogens is 258 g/mol. The van der Waals surface area contributed by atoms with Gasteiger partial charge in [-0.15, -0.1) is 0 Å². The van der Waals surface area contributed by atoms with Gasteiger partial charge in [-0.3, -0.25) is 9.80 Å². The molecule has 0 aromatic heterocycles. The van der Waals surface area contributed by atoms with Crippen molar-refractivity contribution in [1.82, 2.24) is 14.7 Å². The van der Waals surface area contributed by atoms with Crippen LogP contribution in [0.2, 0.25) is 0 Å². The molecule has 3 heteroatoms. The highest BCUT2D eigenvalue weighted by atomic mass is 15.3. The van der Waals surface area contributed by atoms with Gasteiger partial charge in [0.1, 0.15) is 0 Å². The molecule has 0 N–H and O–H groups in total. The van der Waals surface area contributed by atoms with Crippen LogP contribution >= 0.6 is 0 Å². The topological polar surface area (TPSA) is 9.72 Å². The van der Waals surface area contributed by atoms with Crippen LogP contribution in [-0.4, -0.2) is 60.5 Å². The molecule has 0 saturated carbocycles. The van der Waals surface area contributed by atoms with Crippen molar-refractivity contribution in [2.75, 3.05) is 33.7 Å². The maximum absolute atomic E-state index is 2.70. The van der Waals surface area contributed by atoms with E-state index in [9.17, 15) is 0 Å². The van der Waals surface area contributed by atoms with Gasteiger partial charge in [-0.2, -0.15) is 0 Å². The number of rotatable bonds is 4. The van der Waals surface area contributed by atoms with Gasteiger partial charge in [-0.25, -0.2) is 0 Å². The van der Waals surface area contributed by atoms with Crippen molar-refractivity contribution in [3.8, 4) is 0 Å². The van der Waals surface area contributed by atoms with E-state index in [2.05, 4.69) is 60.0 Å². The second-order valence-corrected chi connectivity index (χ2v) is 7.12. The van der Waals surface area contributed by atoms with Gasteiger partial charge in [0.15, 0.2) is 0 Å². The summed E-state index contributed by atoms with van der Waals surface area (Å²) in [5.74, 6) is 0. The van der Waals surface area contributed by atoms with Crippen LogP contribution in [-0.2, 0) is 13.1 Å². The summed E-state index contributed by atoms with van der Waals surface area (Å²) in [7, 11) is 4.24. The Morgan fingerprint density at radius 1 is 1.10 bits per heavy atom. The molecule has 0 radical (unpaired) electrons. The first kappa shape index (κ1) is 15.0. The van der Waals surface area contributed by atoms with Gasteiger partial charge in [0.05, 0.1) is 0 Å².